The maximum Gasteiger partial charge on any atom is 0.164 e. The first-order valence-corrected chi connectivity index (χ1v) is 5.64. The molecule has 1 aromatic carbocycles. The number of hydrogen-bond donors (Lipinski definition) is 1. The minimum Gasteiger partial charge on any atom is -0.387 e. The zero-order valence-electron chi connectivity index (χ0n) is 9.29. The van der Waals surface area contributed by atoms with Gasteiger partial charge in [-0.05, 0) is 18.9 Å². The fraction of sp³-hybridized carbons (Fsp3) is 0.462. The van der Waals surface area contributed by atoms with Gasteiger partial charge in [-0.15, -0.1) is 0 Å². The van der Waals surface area contributed by atoms with Crippen molar-refractivity contribution in [3.8, 4) is 6.07 Å². The topological polar surface area (TPSA) is 44.0 Å². The second-order valence-corrected chi connectivity index (χ2v) is 4.52. The van der Waals surface area contributed by atoms with Crippen molar-refractivity contribution < 1.29 is 13.9 Å². The summed E-state index contributed by atoms with van der Waals surface area (Å²) < 4.78 is 26.7. The standard InChI is InChI=1S/C13H13F2NO/c14-10-5-3-4-9(11(10)15)12(17)13(8-16)6-1-2-7-13/h3-5,12,17H,1-2,6-7H2. The molecule has 0 spiro atoms. The summed E-state index contributed by atoms with van der Waals surface area (Å²) >= 11 is 0. The normalized spacial score (nSPS) is 19.9. The Hall–Kier alpha value is -1.47. The number of benzene rings is 1. The molecule has 1 aliphatic carbocycles. The molecule has 1 unspecified atom stereocenters. The third-order valence-corrected chi connectivity index (χ3v) is 3.52. The quantitative estimate of drug-likeness (QED) is 0.859. The van der Waals surface area contributed by atoms with Gasteiger partial charge in [0.1, 0.15) is 6.10 Å². The van der Waals surface area contributed by atoms with E-state index in [1.165, 1.54) is 12.1 Å². The van der Waals surface area contributed by atoms with Crippen LogP contribution >= 0.6 is 0 Å². The van der Waals surface area contributed by atoms with Crippen molar-refractivity contribution in [3.63, 3.8) is 0 Å². The number of aliphatic hydroxyl groups is 1. The fourth-order valence-corrected chi connectivity index (χ4v) is 2.48. The molecule has 1 saturated carbocycles. The first-order chi connectivity index (χ1) is 8.10. The van der Waals surface area contributed by atoms with Gasteiger partial charge in [0.15, 0.2) is 11.6 Å². The van der Waals surface area contributed by atoms with Gasteiger partial charge in [-0.25, -0.2) is 8.78 Å². The largest absolute Gasteiger partial charge is 0.387 e. The zero-order valence-corrected chi connectivity index (χ0v) is 9.29. The summed E-state index contributed by atoms with van der Waals surface area (Å²) in [7, 11) is 0. The Morgan fingerprint density at radius 2 is 1.94 bits per heavy atom. The van der Waals surface area contributed by atoms with E-state index < -0.39 is 23.2 Å². The van der Waals surface area contributed by atoms with Crippen molar-refractivity contribution in [3.05, 3.63) is 35.4 Å². The van der Waals surface area contributed by atoms with Crippen LogP contribution in [0.2, 0.25) is 0 Å². The predicted molar refractivity (Wildman–Crippen MR) is 57.8 cm³/mol. The van der Waals surface area contributed by atoms with E-state index in [0.717, 1.165) is 18.9 Å². The van der Waals surface area contributed by atoms with E-state index in [2.05, 4.69) is 6.07 Å². The Balaban J connectivity index is 2.40. The zero-order chi connectivity index (χ0) is 12.5. The van der Waals surface area contributed by atoms with Gasteiger partial charge in [0.25, 0.3) is 0 Å². The predicted octanol–water partition coefficient (Wildman–Crippen LogP) is 3.08. The second kappa shape index (κ2) is 4.42. The highest BCUT2D eigenvalue weighted by atomic mass is 19.2. The van der Waals surface area contributed by atoms with Gasteiger partial charge >= 0.3 is 0 Å². The third kappa shape index (κ3) is 1.91. The number of hydrogen-bond acceptors (Lipinski definition) is 2. The second-order valence-electron chi connectivity index (χ2n) is 4.52. The van der Waals surface area contributed by atoms with Gasteiger partial charge in [-0.2, -0.15) is 5.26 Å². The van der Waals surface area contributed by atoms with E-state index in [0.29, 0.717) is 12.8 Å². The highest BCUT2D eigenvalue weighted by Gasteiger charge is 2.42. The number of nitriles is 1. The van der Waals surface area contributed by atoms with Crippen molar-refractivity contribution in [2.24, 2.45) is 5.41 Å². The van der Waals surface area contributed by atoms with Crippen LogP contribution in [-0.2, 0) is 0 Å². The molecule has 0 aromatic heterocycles. The van der Waals surface area contributed by atoms with Crippen LogP contribution in [0.25, 0.3) is 0 Å². The van der Waals surface area contributed by atoms with Crippen LogP contribution < -0.4 is 0 Å². The molecule has 1 aliphatic rings. The molecule has 0 saturated heterocycles. The van der Waals surface area contributed by atoms with E-state index in [9.17, 15) is 19.1 Å². The van der Waals surface area contributed by atoms with Crippen LogP contribution in [0.15, 0.2) is 18.2 Å². The summed E-state index contributed by atoms with van der Waals surface area (Å²) in [6, 6.07) is 5.76. The minimum atomic E-state index is -1.26. The molecule has 0 aliphatic heterocycles. The molecular weight excluding hydrogens is 224 g/mol. The summed E-state index contributed by atoms with van der Waals surface area (Å²) in [4.78, 5) is 0. The monoisotopic (exact) mass is 237 g/mol. The number of nitrogens with zero attached hydrogens (tertiary/aromatic N) is 1. The Labute approximate surface area is 98.5 Å². The molecule has 1 aromatic rings. The number of aliphatic hydroxyl groups excluding tert-OH is 1. The van der Waals surface area contributed by atoms with Crippen LogP contribution in [0.1, 0.15) is 37.4 Å². The average molecular weight is 237 g/mol. The molecule has 17 heavy (non-hydrogen) atoms. The maximum absolute atomic E-state index is 13.6. The highest BCUT2D eigenvalue weighted by Crippen LogP contribution is 2.47. The first-order valence-electron chi connectivity index (χ1n) is 5.64. The lowest BCUT2D eigenvalue weighted by molar-refractivity contribution is 0.0632. The average Bonchev–Trinajstić information content (AvgIpc) is 2.82. The Morgan fingerprint density at radius 3 is 2.53 bits per heavy atom. The first kappa shape index (κ1) is 12.0. The van der Waals surface area contributed by atoms with E-state index in [-0.39, 0.29) is 5.56 Å². The van der Waals surface area contributed by atoms with Crippen LogP contribution in [-0.4, -0.2) is 5.11 Å². The molecular formula is C13H13F2NO. The molecule has 0 radical (unpaired) electrons. The number of rotatable bonds is 2. The van der Waals surface area contributed by atoms with E-state index in [4.69, 9.17) is 0 Å². The van der Waals surface area contributed by atoms with E-state index >= 15 is 0 Å². The molecule has 1 N–H and O–H groups in total. The van der Waals surface area contributed by atoms with Crippen LogP contribution in [0, 0.1) is 28.4 Å². The van der Waals surface area contributed by atoms with Crippen molar-refractivity contribution in [2.45, 2.75) is 31.8 Å². The van der Waals surface area contributed by atoms with Gasteiger partial charge < -0.3 is 5.11 Å². The summed E-state index contributed by atoms with van der Waals surface area (Å²) in [5.41, 5.74) is -1.08. The van der Waals surface area contributed by atoms with Crippen LogP contribution in [0.5, 0.6) is 0 Å². The smallest absolute Gasteiger partial charge is 0.164 e. The molecule has 0 amide bonds. The minimum absolute atomic E-state index is 0.117. The molecule has 1 atom stereocenters. The van der Waals surface area contributed by atoms with Crippen molar-refractivity contribution in [1.29, 1.82) is 5.26 Å². The lowest BCUT2D eigenvalue weighted by atomic mass is 9.78. The highest BCUT2D eigenvalue weighted by molar-refractivity contribution is 5.26. The Kier molecular flexibility index (Phi) is 3.12. The molecule has 1 fully saturated rings. The molecule has 90 valence electrons. The van der Waals surface area contributed by atoms with Crippen LogP contribution in [0.4, 0.5) is 8.78 Å². The van der Waals surface area contributed by atoms with Gasteiger partial charge in [0, 0.05) is 5.56 Å². The Morgan fingerprint density at radius 1 is 1.29 bits per heavy atom. The Bertz CT molecular complexity index is 461. The molecule has 2 rings (SSSR count). The van der Waals surface area contributed by atoms with Crippen molar-refractivity contribution in [1.82, 2.24) is 0 Å². The summed E-state index contributed by atoms with van der Waals surface area (Å²) in [5, 5.41) is 19.3. The summed E-state index contributed by atoms with van der Waals surface area (Å²) in [6.07, 6.45) is 1.47. The summed E-state index contributed by atoms with van der Waals surface area (Å²) in [5.74, 6) is -2.05. The molecule has 2 nitrogen and oxygen atoms in total. The molecule has 4 heteroatoms. The SMILES string of the molecule is N#CC1(C(O)c2cccc(F)c2F)CCCC1. The number of halogens is 2. The maximum atomic E-state index is 13.6. The molecule has 0 heterocycles. The van der Waals surface area contributed by atoms with Crippen molar-refractivity contribution in [2.75, 3.05) is 0 Å². The lowest BCUT2D eigenvalue weighted by Crippen LogP contribution is -2.25. The van der Waals surface area contributed by atoms with Gasteiger partial charge in [0.05, 0.1) is 11.5 Å². The lowest BCUT2D eigenvalue weighted by Gasteiger charge is -2.27. The van der Waals surface area contributed by atoms with E-state index in [1.807, 2.05) is 0 Å². The van der Waals surface area contributed by atoms with Crippen molar-refractivity contribution >= 4 is 0 Å². The summed E-state index contributed by atoms with van der Waals surface area (Å²) in [6.45, 7) is 0. The van der Waals surface area contributed by atoms with Gasteiger partial charge in [0.2, 0.25) is 0 Å². The van der Waals surface area contributed by atoms with E-state index in [1.54, 1.807) is 0 Å². The van der Waals surface area contributed by atoms with Gasteiger partial charge in [-0.1, -0.05) is 25.0 Å². The third-order valence-electron chi connectivity index (χ3n) is 3.52. The molecule has 0 bridgehead atoms. The van der Waals surface area contributed by atoms with Gasteiger partial charge in [-0.3, -0.25) is 0 Å². The fourth-order valence-electron chi connectivity index (χ4n) is 2.48. The van der Waals surface area contributed by atoms with Crippen LogP contribution in [0.3, 0.4) is 0 Å².